The first-order chi connectivity index (χ1) is 16.6. The molecule has 1 fully saturated rings. The molecule has 0 spiro atoms. The van der Waals surface area contributed by atoms with E-state index in [4.69, 9.17) is 0 Å². The summed E-state index contributed by atoms with van der Waals surface area (Å²) in [5, 5.41) is 6.94. The van der Waals surface area contributed by atoms with E-state index in [1.54, 1.807) is 42.3 Å². The van der Waals surface area contributed by atoms with Gasteiger partial charge in [-0.1, -0.05) is 12.1 Å². The van der Waals surface area contributed by atoms with Gasteiger partial charge in [-0.3, -0.25) is 4.79 Å². The molecule has 184 valence electrons. The SMILES string of the molecule is CC(=O)Nc1ccc(S(=O)(=O)N2CCC(c3nc4n(n3)S(=O)(=O)c3ccccc3N4C)CC2)cc1. The topological polar surface area (TPSA) is 135 Å². The van der Waals surface area contributed by atoms with Gasteiger partial charge in [0.15, 0.2) is 5.82 Å². The average Bonchev–Trinajstić information content (AvgIpc) is 3.30. The van der Waals surface area contributed by atoms with E-state index in [2.05, 4.69) is 15.4 Å². The summed E-state index contributed by atoms with van der Waals surface area (Å²) in [4.78, 5) is 17.7. The minimum atomic E-state index is -3.86. The van der Waals surface area contributed by atoms with Crippen LogP contribution in [0.15, 0.2) is 58.3 Å². The van der Waals surface area contributed by atoms with E-state index in [0.29, 0.717) is 30.0 Å². The fraction of sp³-hybridized carbons (Fsp3) is 0.318. The number of hydrogen-bond donors (Lipinski definition) is 1. The summed E-state index contributed by atoms with van der Waals surface area (Å²) in [6.45, 7) is 1.90. The van der Waals surface area contributed by atoms with Crippen LogP contribution in [0.25, 0.3) is 0 Å². The molecule has 13 heteroatoms. The van der Waals surface area contributed by atoms with Gasteiger partial charge in [0.05, 0.1) is 10.6 Å². The van der Waals surface area contributed by atoms with Crippen molar-refractivity contribution >= 4 is 43.3 Å². The van der Waals surface area contributed by atoms with Gasteiger partial charge in [0.25, 0.3) is 10.0 Å². The van der Waals surface area contributed by atoms with Gasteiger partial charge in [-0.2, -0.15) is 17.7 Å². The van der Waals surface area contributed by atoms with Gasteiger partial charge in [-0.25, -0.2) is 8.42 Å². The molecule has 2 aromatic carbocycles. The number of fused-ring (bicyclic) bond motifs is 2. The maximum atomic E-state index is 13.1. The highest BCUT2D eigenvalue weighted by atomic mass is 32.2. The summed E-state index contributed by atoms with van der Waals surface area (Å²) in [5.41, 5.74) is 1.05. The molecule has 2 aliphatic heterocycles. The maximum absolute atomic E-state index is 13.1. The second kappa shape index (κ2) is 8.43. The molecule has 1 amide bonds. The molecular weight excluding hydrogens is 492 g/mol. The highest BCUT2D eigenvalue weighted by Crippen LogP contribution is 2.38. The van der Waals surface area contributed by atoms with Crippen LogP contribution in [0.1, 0.15) is 31.5 Å². The van der Waals surface area contributed by atoms with Crippen molar-refractivity contribution < 1.29 is 21.6 Å². The molecule has 0 radical (unpaired) electrons. The summed E-state index contributed by atoms with van der Waals surface area (Å²) >= 11 is 0. The van der Waals surface area contributed by atoms with E-state index >= 15 is 0 Å². The molecule has 1 aromatic heterocycles. The molecule has 0 aliphatic carbocycles. The number of anilines is 3. The van der Waals surface area contributed by atoms with Crippen LogP contribution >= 0.6 is 0 Å². The summed E-state index contributed by atoms with van der Waals surface area (Å²) in [6.07, 6.45) is 0.923. The van der Waals surface area contributed by atoms with Crippen LogP contribution in [-0.2, 0) is 24.8 Å². The van der Waals surface area contributed by atoms with Crippen molar-refractivity contribution in [3.8, 4) is 0 Å². The molecule has 0 bridgehead atoms. The van der Waals surface area contributed by atoms with Gasteiger partial charge >= 0.3 is 0 Å². The lowest BCUT2D eigenvalue weighted by Crippen LogP contribution is -2.38. The van der Waals surface area contributed by atoms with E-state index in [0.717, 1.165) is 4.09 Å². The number of amides is 1. The van der Waals surface area contributed by atoms with Crippen LogP contribution in [0.2, 0.25) is 0 Å². The maximum Gasteiger partial charge on any atom is 0.288 e. The Morgan fingerprint density at radius 3 is 2.37 bits per heavy atom. The smallest absolute Gasteiger partial charge is 0.288 e. The molecular formula is C22H24N6O5S2. The van der Waals surface area contributed by atoms with Crippen LogP contribution in [-0.4, -0.2) is 61.4 Å². The number of carbonyl (C=O) groups excluding carboxylic acids is 1. The Morgan fingerprint density at radius 1 is 1.06 bits per heavy atom. The van der Waals surface area contributed by atoms with Crippen LogP contribution in [0.3, 0.4) is 0 Å². The first-order valence-electron chi connectivity index (χ1n) is 11.0. The zero-order valence-electron chi connectivity index (χ0n) is 19.1. The Labute approximate surface area is 203 Å². The van der Waals surface area contributed by atoms with Crippen molar-refractivity contribution in [1.82, 2.24) is 18.5 Å². The molecule has 0 atom stereocenters. The van der Waals surface area contributed by atoms with Crippen LogP contribution in [0.4, 0.5) is 17.3 Å². The van der Waals surface area contributed by atoms with Gasteiger partial charge in [0, 0.05) is 38.7 Å². The number of aromatic nitrogens is 3. The predicted octanol–water partition coefficient (Wildman–Crippen LogP) is 2.12. The molecule has 5 rings (SSSR count). The largest absolute Gasteiger partial charge is 0.326 e. The van der Waals surface area contributed by atoms with Crippen molar-refractivity contribution in [2.45, 2.75) is 35.5 Å². The van der Waals surface area contributed by atoms with Crippen LogP contribution < -0.4 is 10.2 Å². The van der Waals surface area contributed by atoms with E-state index < -0.39 is 20.0 Å². The number of hydrogen-bond acceptors (Lipinski definition) is 8. The zero-order chi connectivity index (χ0) is 25.0. The molecule has 0 unspecified atom stereocenters. The number of carbonyl (C=O) groups is 1. The van der Waals surface area contributed by atoms with Gasteiger partial charge in [0.1, 0.15) is 4.90 Å². The first kappa shape index (κ1) is 23.5. The number of para-hydroxylation sites is 1. The van der Waals surface area contributed by atoms with Crippen molar-refractivity contribution in [1.29, 1.82) is 0 Å². The number of piperidine rings is 1. The number of benzene rings is 2. The number of nitrogens with one attached hydrogen (secondary N) is 1. The third-order valence-electron chi connectivity index (χ3n) is 6.24. The normalized spacial score (nSPS) is 18.1. The predicted molar refractivity (Wildman–Crippen MR) is 129 cm³/mol. The number of rotatable bonds is 4. The Bertz CT molecular complexity index is 1510. The Kier molecular flexibility index (Phi) is 5.65. The fourth-order valence-electron chi connectivity index (χ4n) is 4.41. The second-order valence-electron chi connectivity index (χ2n) is 8.53. The second-order valence-corrected chi connectivity index (χ2v) is 12.2. The van der Waals surface area contributed by atoms with Crippen molar-refractivity contribution in [3.05, 3.63) is 54.4 Å². The standard InChI is InChI=1S/C22H24N6O5S2/c1-15(29)23-17-7-9-18(10-8-17)34(30,31)27-13-11-16(12-14-27)21-24-22-26(2)19-5-3-4-6-20(19)35(32,33)28(22)25-21/h3-10,16H,11-14H2,1-2H3,(H,23,29). The first-order valence-corrected chi connectivity index (χ1v) is 13.9. The van der Waals surface area contributed by atoms with Crippen molar-refractivity contribution in [2.24, 2.45) is 0 Å². The Morgan fingerprint density at radius 2 is 1.71 bits per heavy atom. The van der Waals surface area contributed by atoms with Gasteiger partial charge in [0.2, 0.25) is 21.9 Å². The molecule has 3 aromatic rings. The minimum absolute atomic E-state index is 0.145. The summed E-state index contributed by atoms with van der Waals surface area (Å²) < 4.78 is 54.7. The van der Waals surface area contributed by atoms with Gasteiger partial charge < -0.3 is 10.2 Å². The molecule has 1 saturated heterocycles. The lowest BCUT2D eigenvalue weighted by Gasteiger charge is -2.30. The third kappa shape index (κ3) is 3.98. The van der Waals surface area contributed by atoms with E-state index in [1.165, 1.54) is 29.4 Å². The lowest BCUT2D eigenvalue weighted by atomic mass is 9.98. The molecule has 2 aliphatic rings. The van der Waals surface area contributed by atoms with Crippen LogP contribution in [0.5, 0.6) is 0 Å². The van der Waals surface area contributed by atoms with E-state index in [1.807, 2.05) is 0 Å². The number of nitrogens with zero attached hydrogens (tertiary/aromatic N) is 5. The monoisotopic (exact) mass is 516 g/mol. The van der Waals surface area contributed by atoms with Gasteiger partial charge in [-0.05, 0) is 49.2 Å². The molecule has 35 heavy (non-hydrogen) atoms. The number of sulfonamides is 1. The Balaban J connectivity index is 1.34. The molecule has 0 saturated carbocycles. The summed E-state index contributed by atoms with van der Waals surface area (Å²) in [5.74, 6) is 0.196. The molecule has 1 N–H and O–H groups in total. The van der Waals surface area contributed by atoms with E-state index in [9.17, 15) is 21.6 Å². The average molecular weight is 517 g/mol. The summed E-state index contributed by atoms with van der Waals surface area (Å²) in [7, 11) is -5.83. The molecule has 11 nitrogen and oxygen atoms in total. The molecule has 3 heterocycles. The Hall–Kier alpha value is -3.29. The zero-order valence-corrected chi connectivity index (χ0v) is 20.8. The van der Waals surface area contributed by atoms with Crippen molar-refractivity contribution in [2.75, 3.05) is 30.4 Å². The van der Waals surface area contributed by atoms with E-state index in [-0.39, 0.29) is 40.7 Å². The lowest BCUT2D eigenvalue weighted by molar-refractivity contribution is -0.114. The minimum Gasteiger partial charge on any atom is -0.326 e. The summed E-state index contributed by atoms with van der Waals surface area (Å²) in [6, 6.07) is 12.7. The van der Waals surface area contributed by atoms with Crippen molar-refractivity contribution in [3.63, 3.8) is 0 Å². The van der Waals surface area contributed by atoms with Gasteiger partial charge in [-0.15, -0.1) is 9.19 Å². The highest BCUT2D eigenvalue weighted by molar-refractivity contribution is 7.90. The quantitative estimate of drug-likeness (QED) is 0.557. The third-order valence-corrected chi connectivity index (χ3v) is 9.76. The fourth-order valence-corrected chi connectivity index (χ4v) is 7.36. The highest BCUT2D eigenvalue weighted by Gasteiger charge is 2.37. The van der Waals surface area contributed by atoms with Crippen LogP contribution in [0, 0.1) is 0 Å².